The van der Waals surface area contributed by atoms with Gasteiger partial charge in [-0.3, -0.25) is 0 Å². The van der Waals surface area contributed by atoms with Crippen LogP contribution in [-0.2, 0) is 0 Å². The van der Waals surface area contributed by atoms with E-state index in [1.165, 1.54) is 19.4 Å². The summed E-state index contributed by atoms with van der Waals surface area (Å²) in [4.78, 5) is 2.34. The molecular weight excluding hydrogens is 124 g/mol. The molecule has 0 aromatic rings. The van der Waals surface area contributed by atoms with Gasteiger partial charge in [0.25, 0.3) is 0 Å². The van der Waals surface area contributed by atoms with Crippen molar-refractivity contribution in [3.05, 3.63) is 0 Å². The molecule has 0 saturated carbocycles. The van der Waals surface area contributed by atoms with Crippen LogP contribution >= 0.6 is 0 Å². The zero-order valence-electron chi connectivity index (χ0n) is 7.01. The van der Waals surface area contributed by atoms with Crippen molar-refractivity contribution in [2.24, 2.45) is 11.7 Å². The fourth-order valence-corrected chi connectivity index (χ4v) is 1.79. The molecule has 60 valence electrons. The Labute approximate surface area is 63.4 Å². The number of likely N-dealkylation sites (N-methyl/N-ethyl adjacent to an activating group) is 1. The maximum absolute atomic E-state index is 5.85. The van der Waals surface area contributed by atoms with Gasteiger partial charge in [0.15, 0.2) is 0 Å². The van der Waals surface area contributed by atoms with E-state index in [4.69, 9.17) is 5.73 Å². The molecule has 2 N–H and O–H groups in total. The minimum Gasteiger partial charge on any atom is -0.327 e. The summed E-state index contributed by atoms with van der Waals surface area (Å²) in [6, 6.07) is 0.420. The average Bonchev–Trinajstić information content (AvgIpc) is 1.85. The molecule has 1 heterocycles. The molecule has 2 unspecified atom stereocenters. The van der Waals surface area contributed by atoms with E-state index in [1.54, 1.807) is 0 Å². The average molecular weight is 142 g/mol. The Balaban J connectivity index is 2.35. The molecule has 1 rings (SSSR count). The smallest absolute Gasteiger partial charge is 0.0170 e. The second kappa shape index (κ2) is 3.35. The fraction of sp³-hybridized carbons (Fsp3) is 1.00. The summed E-state index contributed by atoms with van der Waals surface area (Å²) in [6.45, 7) is 4.57. The fourth-order valence-electron chi connectivity index (χ4n) is 1.79. The van der Waals surface area contributed by atoms with Crippen LogP contribution in [-0.4, -0.2) is 31.1 Å². The van der Waals surface area contributed by atoms with E-state index in [9.17, 15) is 0 Å². The van der Waals surface area contributed by atoms with Gasteiger partial charge in [0.1, 0.15) is 0 Å². The lowest BCUT2D eigenvalue weighted by atomic mass is 9.93. The van der Waals surface area contributed by atoms with E-state index < -0.39 is 0 Å². The van der Waals surface area contributed by atoms with Gasteiger partial charge in [-0.1, -0.05) is 13.3 Å². The molecule has 2 nitrogen and oxygen atoms in total. The summed E-state index contributed by atoms with van der Waals surface area (Å²) >= 11 is 0. The van der Waals surface area contributed by atoms with Crippen LogP contribution in [0.25, 0.3) is 0 Å². The van der Waals surface area contributed by atoms with E-state index in [-0.39, 0.29) is 0 Å². The summed E-state index contributed by atoms with van der Waals surface area (Å²) in [6.07, 6.45) is 2.50. The minimum atomic E-state index is 0.420. The zero-order chi connectivity index (χ0) is 7.56. The topological polar surface area (TPSA) is 29.3 Å². The van der Waals surface area contributed by atoms with Gasteiger partial charge in [-0.05, 0) is 19.4 Å². The van der Waals surface area contributed by atoms with Crippen molar-refractivity contribution in [3.63, 3.8) is 0 Å². The quantitative estimate of drug-likeness (QED) is 0.583. The third kappa shape index (κ3) is 1.96. The molecule has 1 fully saturated rings. The van der Waals surface area contributed by atoms with Gasteiger partial charge in [-0.2, -0.15) is 0 Å². The number of rotatable bonds is 1. The third-order valence-electron chi connectivity index (χ3n) is 2.33. The molecule has 0 aliphatic carbocycles. The number of hydrogen-bond acceptors (Lipinski definition) is 2. The lowest BCUT2D eigenvalue weighted by molar-refractivity contribution is 0.185. The van der Waals surface area contributed by atoms with Crippen LogP contribution in [0.3, 0.4) is 0 Å². The van der Waals surface area contributed by atoms with Gasteiger partial charge < -0.3 is 10.6 Å². The molecule has 0 spiro atoms. The van der Waals surface area contributed by atoms with Crippen molar-refractivity contribution in [1.82, 2.24) is 4.90 Å². The molecule has 0 bridgehead atoms. The zero-order valence-corrected chi connectivity index (χ0v) is 7.01. The molecule has 1 aliphatic heterocycles. The van der Waals surface area contributed by atoms with Crippen LogP contribution in [0.5, 0.6) is 0 Å². The van der Waals surface area contributed by atoms with Gasteiger partial charge in [-0.25, -0.2) is 0 Å². The Hall–Kier alpha value is -0.0800. The summed E-state index contributed by atoms with van der Waals surface area (Å²) in [5.74, 6) is 0.841. The largest absolute Gasteiger partial charge is 0.327 e. The standard InChI is InChI=1S/C8H18N2/c1-3-7-4-8(9)6-10(2)5-7/h7-8H,3-6,9H2,1-2H3. The van der Waals surface area contributed by atoms with E-state index in [1.807, 2.05) is 0 Å². The first kappa shape index (κ1) is 8.02. The van der Waals surface area contributed by atoms with E-state index in [0.29, 0.717) is 6.04 Å². The Morgan fingerprint density at radius 2 is 2.20 bits per heavy atom. The van der Waals surface area contributed by atoms with Crippen molar-refractivity contribution in [2.75, 3.05) is 20.1 Å². The monoisotopic (exact) mass is 142 g/mol. The van der Waals surface area contributed by atoms with Crippen LogP contribution in [0.1, 0.15) is 19.8 Å². The lowest BCUT2D eigenvalue weighted by Gasteiger charge is -2.33. The van der Waals surface area contributed by atoms with Gasteiger partial charge in [0, 0.05) is 19.1 Å². The van der Waals surface area contributed by atoms with Crippen LogP contribution in [0.2, 0.25) is 0 Å². The first-order valence-electron chi connectivity index (χ1n) is 4.16. The number of piperidine rings is 1. The second-order valence-corrected chi connectivity index (χ2v) is 3.49. The highest BCUT2D eigenvalue weighted by atomic mass is 15.1. The molecule has 0 aromatic carbocycles. The van der Waals surface area contributed by atoms with Crippen molar-refractivity contribution >= 4 is 0 Å². The Kier molecular flexibility index (Phi) is 2.69. The first-order chi connectivity index (χ1) is 4.72. The van der Waals surface area contributed by atoms with Gasteiger partial charge in [0.2, 0.25) is 0 Å². The van der Waals surface area contributed by atoms with E-state index in [0.717, 1.165) is 12.5 Å². The van der Waals surface area contributed by atoms with Crippen LogP contribution < -0.4 is 5.73 Å². The molecule has 0 amide bonds. The highest BCUT2D eigenvalue weighted by Gasteiger charge is 2.20. The maximum Gasteiger partial charge on any atom is 0.0170 e. The van der Waals surface area contributed by atoms with Crippen molar-refractivity contribution in [1.29, 1.82) is 0 Å². The minimum absolute atomic E-state index is 0.420. The molecule has 1 aliphatic rings. The van der Waals surface area contributed by atoms with Crippen LogP contribution in [0, 0.1) is 5.92 Å². The van der Waals surface area contributed by atoms with Crippen molar-refractivity contribution in [3.8, 4) is 0 Å². The Morgan fingerprint density at radius 3 is 2.70 bits per heavy atom. The molecule has 1 saturated heterocycles. The van der Waals surface area contributed by atoms with Crippen molar-refractivity contribution in [2.45, 2.75) is 25.8 Å². The number of nitrogens with zero attached hydrogens (tertiary/aromatic N) is 1. The summed E-state index contributed by atoms with van der Waals surface area (Å²) in [7, 11) is 2.15. The van der Waals surface area contributed by atoms with Crippen LogP contribution in [0.4, 0.5) is 0 Å². The van der Waals surface area contributed by atoms with Gasteiger partial charge in [-0.15, -0.1) is 0 Å². The second-order valence-electron chi connectivity index (χ2n) is 3.49. The van der Waals surface area contributed by atoms with E-state index >= 15 is 0 Å². The summed E-state index contributed by atoms with van der Waals surface area (Å²) < 4.78 is 0. The highest BCUT2D eigenvalue weighted by molar-refractivity contribution is 4.78. The number of likely N-dealkylation sites (tertiary alicyclic amines) is 1. The summed E-state index contributed by atoms with van der Waals surface area (Å²) in [5.41, 5.74) is 5.85. The highest BCUT2D eigenvalue weighted by Crippen LogP contribution is 2.16. The SMILES string of the molecule is CCC1CC(N)CN(C)C1. The molecule has 0 aromatic heterocycles. The van der Waals surface area contributed by atoms with Gasteiger partial charge in [0.05, 0.1) is 0 Å². The number of hydrogen-bond donors (Lipinski definition) is 1. The predicted octanol–water partition coefficient (Wildman–Crippen LogP) is 0.675. The number of nitrogens with two attached hydrogens (primary N) is 1. The normalized spacial score (nSPS) is 36.3. The molecule has 0 radical (unpaired) electrons. The van der Waals surface area contributed by atoms with E-state index in [2.05, 4.69) is 18.9 Å². The molecule has 10 heavy (non-hydrogen) atoms. The summed E-state index contributed by atoms with van der Waals surface area (Å²) in [5, 5.41) is 0. The molecular formula is C8H18N2. The van der Waals surface area contributed by atoms with Crippen LogP contribution in [0.15, 0.2) is 0 Å². The molecule has 2 atom stereocenters. The first-order valence-corrected chi connectivity index (χ1v) is 4.16. The Bertz CT molecular complexity index is 93.4. The molecule has 2 heteroatoms. The van der Waals surface area contributed by atoms with Gasteiger partial charge >= 0.3 is 0 Å². The Morgan fingerprint density at radius 1 is 1.50 bits per heavy atom. The third-order valence-corrected chi connectivity index (χ3v) is 2.33. The predicted molar refractivity (Wildman–Crippen MR) is 43.9 cm³/mol. The maximum atomic E-state index is 5.85. The lowest BCUT2D eigenvalue weighted by Crippen LogP contribution is -2.44. The van der Waals surface area contributed by atoms with Crippen molar-refractivity contribution < 1.29 is 0 Å².